The highest BCUT2D eigenvalue weighted by atomic mass is 79.9. The Kier molecular flexibility index (Phi) is 6.90. The van der Waals surface area contributed by atoms with Crippen LogP contribution in [-0.2, 0) is 6.61 Å². The van der Waals surface area contributed by atoms with Gasteiger partial charge in [0.1, 0.15) is 6.61 Å². The van der Waals surface area contributed by atoms with Crippen LogP contribution < -0.4 is 20.6 Å². The van der Waals surface area contributed by atoms with Crippen LogP contribution in [0.5, 0.6) is 11.5 Å². The zero-order valence-corrected chi connectivity index (χ0v) is 19.5. The standard InChI is InChI=1S/C26H22BrN3O3/c1-32-24-14-17(15-29-30-26(31)21-11-4-5-12-23(21)28)13-22(27)25(24)33-16-19-9-6-8-18-7-2-3-10-20(18)19/h2-15H,16,28H2,1H3,(H,30,31)/b29-15+. The molecule has 4 aromatic rings. The van der Waals surface area contributed by atoms with Gasteiger partial charge in [0.15, 0.2) is 11.5 Å². The predicted octanol–water partition coefficient (Wildman–Crippen LogP) is 5.54. The summed E-state index contributed by atoms with van der Waals surface area (Å²) >= 11 is 3.56. The lowest BCUT2D eigenvalue weighted by molar-refractivity contribution is 0.0956. The average Bonchev–Trinajstić information content (AvgIpc) is 2.83. The fraction of sp³-hybridized carbons (Fsp3) is 0.0769. The van der Waals surface area contributed by atoms with Gasteiger partial charge < -0.3 is 15.2 Å². The summed E-state index contributed by atoms with van der Waals surface area (Å²) in [5.74, 6) is 0.749. The van der Waals surface area contributed by atoms with Crippen molar-refractivity contribution in [2.75, 3.05) is 12.8 Å². The Morgan fingerprint density at radius 1 is 1.06 bits per heavy atom. The first-order chi connectivity index (χ1) is 16.1. The molecule has 0 atom stereocenters. The van der Waals surface area contributed by atoms with Crippen LogP contribution in [0.2, 0.25) is 0 Å². The molecule has 0 aliphatic heterocycles. The zero-order valence-electron chi connectivity index (χ0n) is 17.9. The lowest BCUT2D eigenvalue weighted by Crippen LogP contribution is -2.19. The molecule has 0 fully saturated rings. The zero-order chi connectivity index (χ0) is 23.2. The Bertz CT molecular complexity index is 1330. The molecule has 0 heterocycles. The molecule has 0 aromatic heterocycles. The molecule has 4 aromatic carbocycles. The fourth-order valence-electron chi connectivity index (χ4n) is 3.45. The van der Waals surface area contributed by atoms with E-state index in [0.717, 1.165) is 21.9 Å². The number of hydrogen-bond donors (Lipinski definition) is 2. The number of ether oxygens (including phenoxy) is 2. The first-order valence-electron chi connectivity index (χ1n) is 10.2. The third-order valence-corrected chi connectivity index (χ3v) is 5.68. The number of nitrogen functional groups attached to an aromatic ring is 1. The van der Waals surface area contributed by atoms with Gasteiger partial charge in [0, 0.05) is 5.69 Å². The topological polar surface area (TPSA) is 85.9 Å². The van der Waals surface area contributed by atoms with Gasteiger partial charge in [-0.3, -0.25) is 4.79 Å². The summed E-state index contributed by atoms with van der Waals surface area (Å²) in [5, 5.41) is 6.35. The Balaban J connectivity index is 1.49. The quantitative estimate of drug-likeness (QED) is 0.197. The molecule has 0 radical (unpaired) electrons. The van der Waals surface area contributed by atoms with E-state index in [1.165, 1.54) is 6.21 Å². The van der Waals surface area contributed by atoms with Crippen molar-refractivity contribution >= 4 is 44.5 Å². The van der Waals surface area contributed by atoms with Crippen molar-refractivity contribution in [2.45, 2.75) is 6.61 Å². The minimum atomic E-state index is -0.384. The van der Waals surface area contributed by atoms with Gasteiger partial charge in [-0.15, -0.1) is 0 Å². The number of carbonyl (C=O) groups excluding carboxylic acids is 1. The number of hydrogen-bond acceptors (Lipinski definition) is 5. The van der Waals surface area contributed by atoms with Crippen LogP contribution in [0.3, 0.4) is 0 Å². The Hall–Kier alpha value is -3.84. The van der Waals surface area contributed by atoms with E-state index in [0.29, 0.717) is 33.8 Å². The summed E-state index contributed by atoms with van der Waals surface area (Å²) in [6.45, 7) is 0.387. The number of rotatable bonds is 7. The Morgan fingerprint density at radius 3 is 2.64 bits per heavy atom. The maximum Gasteiger partial charge on any atom is 0.273 e. The normalized spacial score (nSPS) is 11.0. The van der Waals surface area contributed by atoms with E-state index in [-0.39, 0.29) is 5.91 Å². The smallest absolute Gasteiger partial charge is 0.273 e. The van der Waals surface area contributed by atoms with Gasteiger partial charge in [-0.05, 0) is 62.1 Å². The highest BCUT2D eigenvalue weighted by Gasteiger charge is 2.13. The van der Waals surface area contributed by atoms with Crippen LogP contribution in [0.4, 0.5) is 5.69 Å². The van der Waals surface area contributed by atoms with E-state index in [1.807, 2.05) is 30.3 Å². The number of anilines is 1. The second kappa shape index (κ2) is 10.2. The second-order valence-corrected chi connectivity index (χ2v) is 8.10. The molecule has 0 saturated carbocycles. The van der Waals surface area contributed by atoms with Gasteiger partial charge in [0.2, 0.25) is 0 Å². The van der Waals surface area contributed by atoms with Gasteiger partial charge in [-0.1, -0.05) is 54.6 Å². The van der Waals surface area contributed by atoms with E-state index >= 15 is 0 Å². The summed E-state index contributed by atoms with van der Waals surface area (Å²) in [5.41, 5.74) is 10.9. The Morgan fingerprint density at radius 2 is 1.82 bits per heavy atom. The van der Waals surface area contributed by atoms with Crippen molar-refractivity contribution in [3.63, 3.8) is 0 Å². The number of halogens is 1. The summed E-state index contributed by atoms with van der Waals surface area (Å²) in [6, 6.07) is 24.8. The van der Waals surface area contributed by atoms with Crippen LogP contribution in [0.25, 0.3) is 10.8 Å². The van der Waals surface area contributed by atoms with Gasteiger partial charge in [-0.25, -0.2) is 5.43 Å². The number of carbonyl (C=O) groups is 1. The number of para-hydroxylation sites is 1. The SMILES string of the molecule is COc1cc(/C=N/NC(=O)c2ccccc2N)cc(Br)c1OCc1cccc2ccccc12. The minimum absolute atomic E-state index is 0.366. The number of amides is 1. The third kappa shape index (κ3) is 5.15. The number of benzene rings is 4. The number of hydrazone groups is 1. The maximum absolute atomic E-state index is 12.3. The molecule has 33 heavy (non-hydrogen) atoms. The molecule has 0 unspecified atom stereocenters. The summed E-state index contributed by atoms with van der Waals surface area (Å²) in [4.78, 5) is 12.3. The van der Waals surface area contributed by atoms with E-state index in [9.17, 15) is 4.79 Å². The highest BCUT2D eigenvalue weighted by Crippen LogP contribution is 2.37. The monoisotopic (exact) mass is 503 g/mol. The minimum Gasteiger partial charge on any atom is -0.493 e. The first kappa shape index (κ1) is 22.4. The van der Waals surface area contributed by atoms with Crippen molar-refractivity contribution in [3.05, 3.63) is 100 Å². The summed E-state index contributed by atoms with van der Waals surface area (Å²) < 4.78 is 12.4. The van der Waals surface area contributed by atoms with E-state index in [2.05, 4.69) is 44.7 Å². The van der Waals surface area contributed by atoms with E-state index in [4.69, 9.17) is 15.2 Å². The van der Waals surface area contributed by atoms with Crippen molar-refractivity contribution < 1.29 is 14.3 Å². The van der Waals surface area contributed by atoms with Gasteiger partial charge in [0.25, 0.3) is 5.91 Å². The van der Waals surface area contributed by atoms with Crippen LogP contribution in [0.1, 0.15) is 21.5 Å². The molecule has 6 nitrogen and oxygen atoms in total. The lowest BCUT2D eigenvalue weighted by atomic mass is 10.1. The van der Waals surface area contributed by atoms with Crippen LogP contribution in [-0.4, -0.2) is 19.2 Å². The van der Waals surface area contributed by atoms with Crippen LogP contribution in [0.15, 0.2) is 88.4 Å². The predicted molar refractivity (Wildman–Crippen MR) is 135 cm³/mol. The van der Waals surface area contributed by atoms with Crippen molar-refractivity contribution in [2.24, 2.45) is 5.10 Å². The van der Waals surface area contributed by atoms with Gasteiger partial charge in [-0.2, -0.15) is 5.10 Å². The van der Waals surface area contributed by atoms with Gasteiger partial charge in [0.05, 0.1) is 23.4 Å². The molecular weight excluding hydrogens is 482 g/mol. The molecule has 3 N–H and O–H groups in total. The lowest BCUT2D eigenvalue weighted by Gasteiger charge is -2.14. The van der Waals surface area contributed by atoms with Gasteiger partial charge >= 0.3 is 0 Å². The highest BCUT2D eigenvalue weighted by molar-refractivity contribution is 9.10. The van der Waals surface area contributed by atoms with Crippen molar-refractivity contribution in [3.8, 4) is 11.5 Å². The first-order valence-corrected chi connectivity index (χ1v) is 11.0. The molecule has 1 amide bonds. The van der Waals surface area contributed by atoms with Crippen molar-refractivity contribution in [1.29, 1.82) is 0 Å². The summed E-state index contributed by atoms with van der Waals surface area (Å²) in [7, 11) is 1.58. The van der Waals surface area contributed by atoms with Crippen LogP contribution >= 0.6 is 15.9 Å². The fourth-order valence-corrected chi connectivity index (χ4v) is 4.03. The number of methoxy groups -OCH3 is 1. The van der Waals surface area contributed by atoms with E-state index < -0.39 is 0 Å². The molecular formula is C26H22BrN3O3. The van der Waals surface area contributed by atoms with Crippen LogP contribution in [0, 0.1) is 0 Å². The summed E-state index contributed by atoms with van der Waals surface area (Å²) in [6.07, 6.45) is 1.53. The maximum atomic E-state index is 12.3. The van der Waals surface area contributed by atoms with Crippen molar-refractivity contribution in [1.82, 2.24) is 5.43 Å². The molecule has 7 heteroatoms. The second-order valence-electron chi connectivity index (χ2n) is 7.25. The molecule has 0 bridgehead atoms. The molecule has 0 aliphatic rings. The molecule has 0 saturated heterocycles. The molecule has 0 spiro atoms. The third-order valence-electron chi connectivity index (χ3n) is 5.09. The molecule has 166 valence electrons. The number of nitrogens with one attached hydrogen (secondary N) is 1. The number of nitrogens with zero attached hydrogens (tertiary/aromatic N) is 1. The average molecular weight is 504 g/mol. The Labute approximate surface area is 200 Å². The molecule has 4 rings (SSSR count). The molecule has 0 aliphatic carbocycles. The number of nitrogens with two attached hydrogens (primary N) is 1. The largest absolute Gasteiger partial charge is 0.493 e. The van der Waals surface area contributed by atoms with E-state index in [1.54, 1.807) is 37.4 Å². The number of fused-ring (bicyclic) bond motifs is 1.